The highest BCUT2D eigenvalue weighted by Gasteiger charge is 2.28. The minimum atomic E-state index is 0.187. The maximum absolute atomic E-state index is 5.94. The maximum Gasteiger partial charge on any atom is 0.169 e. The fourth-order valence-corrected chi connectivity index (χ4v) is 3.34. The van der Waals surface area contributed by atoms with Gasteiger partial charge in [-0.3, -0.25) is 4.90 Å². The molecule has 3 unspecified atom stereocenters. The number of nitrogens with zero attached hydrogens (tertiary/aromatic N) is 1. The molecular formula is C14H23BrN2O. The van der Waals surface area contributed by atoms with E-state index in [2.05, 4.69) is 34.8 Å². The van der Waals surface area contributed by atoms with Gasteiger partial charge in [0.25, 0.3) is 0 Å². The van der Waals surface area contributed by atoms with Gasteiger partial charge in [0.15, 0.2) is 4.67 Å². The van der Waals surface area contributed by atoms with Crippen molar-refractivity contribution >= 4 is 15.9 Å². The Morgan fingerprint density at radius 2 is 2.28 bits per heavy atom. The van der Waals surface area contributed by atoms with Crippen molar-refractivity contribution < 1.29 is 4.42 Å². The second-order valence-corrected chi connectivity index (χ2v) is 6.27. The van der Waals surface area contributed by atoms with Crippen molar-refractivity contribution in [1.29, 1.82) is 0 Å². The lowest BCUT2D eigenvalue weighted by Crippen LogP contribution is -2.40. The highest BCUT2D eigenvalue weighted by Crippen LogP contribution is 2.32. The highest BCUT2D eigenvalue weighted by molar-refractivity contribution is 9.10. The van der Waals surface area contributed by atoms with Crippen molar-refractivity contribution in [3.05, 3.63) is 22.6 Å². The molecule has 2 N–H and O–H groups in total. The van der Waals surface area contributed by atoms with E-state index in [-0.39, 0.29) is 6.04 Å². The van der Waals surface area contributed by atoms with Crippen LogP contribution in [0.1, 0.15) is 44.4 Å². The molecule has 1 aliphatic carbocycles. The van der Waals surface area contributed by atoms with Crippen LogP contribution in [0.3, 0.4) is 0 Å². The average molecular weight is 315 g/mol. The zero-order valence-corrected chi connectivity index (χ0v) is 12.8. The molecule has 0 aromatic carbocycles. The first-order valence-electron chi connectivity index (χ1n) is 6.79. The number of rotatable bonds is 4. The van der Waals surface area contributed by atoms with E-state index in [1.165, 1.54) is 25.7 Å². The summed E-state index contributed by atoms with van der Waals surface area (Å²) in [5.74, 6) is 1.79. The molecule has 18 heavy (non-hydrogen) atoms. The number of hydrogen-bond acceptors (Lipinski definition) is 3. The molecule has 0 amide bonds. The van der Waals surface area contributed by atoms with Gasteiger partial charge in [-0.1, -0.05) is 19.8 Å². The van der Waals surface area contributed by atoms with E-state index >= 15 is 0 Å². The molecule has 1 aromatic rings. The number of likely N-dealkylation sites (N-methyl/N-ethyl adjacent to an activating group) is 1. The van der Waals surface area contributed by atoms with Crippen molar-refractivity contribution in [2.24, 2.45) is 11.7 Å². The van der Waals surface area contributed by atoms with Gasteiger partial charge in [-0.15, -0.1) is 0 Å². The van der Waals surface area contributed by atoms with Crippen molar-refractivity contribution in [2.45, 2.75) is 44.7 Å². The minimum Gasteiger partial charge on any atom is -0.453 e. The standard InChI is InChI=1S/C14H23BrN2O/c1-10-4-3-5-11(8-10)17(2)12(9-16)13-6-7-14(15)18-13/h6-7,10-12H,3-5,8-9,16H2,1-2H3. The molecule has 1 fully saturated rings. The lowest BCUT2D eigenvalue weighted by Gasteiger charge is -2.37. The fourth-order valence-electron chi connectivity index (χ4n) is 3.02. The smallest absolute Gasteiger partial charge is 0.169 e. The van der Waals surface area contributed by atoms with Gasteiger partial charge in [-0.05, 0) is 53.9 Å². The van der Waals surface area contributed by atoms with E-state index in [0.29, 0.717) is 12.6 Å². The Hall–Kier alpha value is -0.320. The first-order valence-corrected chi connectivity index (χ1v) is 7.58. The molecule has 2 rings (SSSR count). The number of halogens is 1. The summed E-state index contributed by atoms with van der Waals surface area (Å²) in [6.45, 7) is 2.95. The van der Waals surface area contributed by atoms with Crippen LogP contribution < -0.4 is 5.73 Å². The minimum absolute atomic E-state index is 0.187. The van der Waals surface area contributed by atoms with Crippen LogP contribution in [0.4, 0.5) is 0 Å². The summed E-state index contributed by atoms with van der Waals surface area (Å²) < 4.78 is 6.45. The first-order chi connectivity index (χ1) is 8.61. The molecule has 1 aromatic heterocycles. The predicted molar refractivity (Wildman–Crippen MR) is 77.4 cm³/mol. The zero-order valence-electron chi connectivity index (χ0n) is 11.2. The van der Waals surface area contributed by atoms with Gasteiger partial charge in [-0.2, -0.15) is 0 Å². The first kappa shape index (κ1) is 14.1. The number of furan rings is 1. The quantitative estimate of drug-likeness (QED) is 0.924. The van der Waals surface area contributed by atoms with Crippen molar-refractivity contribution in [2.75, 3.05) is 13.6 Å². The van der Waals surface area contributed by atoms with E-state index in [1.54, 1.807) is 0 Å². The molecule has 3 nitrogen and oxygen atoms in total. The summed E-state index contributed by atoms with van der Waals surface area (Å²) in [4.78, 5) is 2.40. The number of hydrogen-bond donors (Lipinski definition) is 1. The van der Waals surface area contributed by atoms with Crippen LogP contribution in [-0.4, -0.2) is 24.5 Å². The van der Waals surface area contributed by atoms with Crippen LogP contribution in [0.15, 0.2) is 21.2 Å². The predicted octanol–water partition coefficient (Wildman–Crippen LogP) is 3.55. The Kier molecular flexibility index (Phi) is 4.87. The maximum atomic E-state index is 5.94. The monoisotopic (exact) mass is 314 g/mol. The van der Waals surface area contributed by atoms with Crippen LogP contribution in [0.25, 0.3) is 0 Å². The van der Waals surface area contributed by atoms with Gasteiger partial charge in [0.1, 0.15) is 5.76 Å². The second kappa shape index (κ2) is 6.22. The Morgan fingerprint density at radius 1 is 1.50 bits per heavy atom. The van der Waals surface area contributed by atoms with Crippen LogP contribution >= 0.6 is 15.9 Å². The van der Waals surface area contributed by atoms with E-state index in [1.807, 2.05) is 12.1 Å². The molecule has 1 saturated carbocycles. The van der Waals surface area contributed by atoms with E-state index in [0.717, 1.165) is 16.3 Å². The largest absolute Gasteiger partial charge is 0.453 e. The summed E-state index contributed by atoms with van der Waals surface area (Å²) in [6.07, 6.45) is 5.24. The average Bonchev–Trinajstić information content (AvgIpc) is 2.76. The molecule has 0 radical (unpaired) electrons. The van der Waals surface area contributed by atoms with Gasteiger partial charge in [0, 0.05) is 12.6 Å². The van der Waals surface area contributed by atoms with Gasteiger partial charge in [0.2, 0.25) is 0 Å². The van der Waals surface area contributed by atoms with Crippen molar-refractivity contribution in [3.8, 4) is 0 Å². The molecular weight excluding hydrogens is 292 g/mol. The Balaban J connectivity index is 2.07. The van der Waals surface area contributed by atoms with Gasteiger partial charge in [-0.25, -0.2) is 0 Å². The molecule has 0 aliphatic heterocycles. The van der Waals surface area contributed by atoms with Gasteiger partial charge in [0.05, 0.1) is 6.04 Å². The topological polar surface area (TPSA) is 42.4 Å². The summed E-state index contributed by atoms with van der Waals surface area (Å²) in [5.41, 5.74) is 5.94. The van der Waals surface area contributed by atoms with Gasteiger partial charge >= 0.3 is 0 Å². The molecule has 0 spiro atoms. The summed E-state index contributed by atoms with van der Waals surface area (Å²) in [6, 6.07) is 4.78. The SMILES string of the molecule is CC1CCCC(N(C)C(CN)c2ccc(Br)o2)C1. The highest BCUT2D eigenvalue weighted by atomic mass is 79.9. The lowest BCUT2D eigenvalue weighted by molar-refractivity contribution is 0.109. The lowest BCUT2D eigenvalue weighted by atomic mass is 9.86. The number of nitrogens with two attached hydrogens (primary N) is 1. The zero-order chi connectivity index (χ0) is 13.1. The van der Waals surface area contributed by atoms with Crippen LogP contribution in [-0.2, 0) is 0 Å². The van der Waals surface area contributed by atoms with E-state index < -0.39 is 0 Å². The molecule has 3 atom stereocenters. The molecule has 1 heterocycles. The summed E-state index contributed by atoms with van der Waals surface area (Å²) in [7, 11) is 2.18. The van der Waals surface area contributed by atoms with Crippen LogP contribution in [0, 0.1) is 5.92 Å². The van der Waals surface area contributed by atoms with Crippen LogP contribution in [0.2, 0.25) is 0 Å². The fraction of sp³-hybridized carbons (Fsp3) is 0.714. The Morgan fingerprint density at radius 3 is 2.83 bits per heavy atom. The Bertz CT molecular complexity index is 380. The van der Waals surface area contributed by atoms with E-state index in [9.17, 15) is 0 Å². The molecule has 1 aliphatic rings. The Labute approximate surface area is 118 Å². The molecule has 102 valence electrons. The van der Waals surface area contributed by atoms with Crippen LogP contribution in [0.5, 0.6) is 0 Å². The second-order valence-electron chi connectivity index (χ2n) is 5.48. The summed E-state index contributed by atoms with van der Waals surface area (Å²) >= 11 is 3.36. The third-order valence-electron chi connectivity index (χ3n) is 4.12. The molecule has 0 saturated heterocycles. The third-order valence-corrected chi connectivity index (χ3v) is 4.55. The normalized spacial score (nSPS) is 26.5. The van der Waals surface area contributed by atoms with Gasteiger partial charge < -0.3 is 10.2 Å². The summed E-state index contributed by atoms with van der Waals surface area (Å²) in [5, 5.41) is 0. The molecule has 4 heteroatoms. The van der Waals surface area contributed by atoms with E-state index in [4.69, 9.17) is 10.2 Å². The third kappa shape index (κ3) is 3.16. The molecule has 0 bridgehead atoms. The van der Waals surface area contributed by atoms with Crippen molar-refractivity contribution in [1.82, 2.24) is 4.90 Å². The van der Waals surface area contributed by atoms with Crippen molar-refractivity contribution in [3.63, 3.8) is 0 Å².